The summed E-state index contributed by atoms with van der Waals surface area (Å²) < 4.78 is 0. The maximum atomic E-state index is 13.2. The van der Waals surface area contributed by atoms with E-state index in [0.717, 1.165) is 32.1 Å². The Bertz CT molecular complexity index is 417. The largest absolute Gasteiger partial charge is 0.340 e. The van der Waals surface area contributed by atoms with E-state index in [4.69, 9.17) is 0 Å². The molecular formula is C17H30N2O2. The van der Waals surface area contributed by atoms with Crippen molar-refractivity contribution in [3.8, 4) is 0 Å². The van der Waals surface area contributed by atoms with Crippen molar-refractivity contribution in [3.05, 3.63) is 0 Å². The van der Waals surface area contributed by atoms with E-state index in [0.29, 0.717) is 12.5 Å². The zero-order valence-electron chi connectivity index (χ0n) is 14.2. The van der Waals surface area contributed by atoms with Crippen molar-refractivity contribution in [3.63, 3.8) is 0 Å². The fraction of sp³-hybridized carbons (Fsp3) is 0.882. The molecule has 0 radical (unpaired) electrons. The molecule has 4 nitrogen and oxygen atoms in total. The maximum Gasteiger partial charge on any atom is 0.249 e. The minimum Gasteiger partial charge on any atom is -0.340 e. The zero-order valence-corrected chi connectivity index (χ0v) is 14.2. The van der Waals surface area contributed by atoms with Gasteiger partial charge in [-0.05, 0) is 24.2 Å². The number of hydrogen-bond donors (Lipinski definition) is 1. The molecule has 1 saturated heterocycles. The standard InChI is InChI=1S/C17H30N2O2/c1-12(2)11-19-13(16(3,4)5)14(20)18-17(15(19)21)9-7-6-8-10-17/h12-13H,6-11H2,1-5H3,(H,18,20). The summed E-state index contributed by atoms with van der Waals surface area (Å²) in [7, 11) is 0. The lowest BCUT2D eigenvalue weighted by molar-refractivity contribution is -0.161. The molecule has 2 fully saturated rings. The number of piperazine rings is 1. The molecule has 0 aromatic carbocycles. The molecule has 120 valence electrons. The molecule has 0 aromatic rings. The molecule has 1 spiro atoms. The predicted molar refractivity (Wildman–Crippen MR) is 83.8 cm³/mol. The molecule has 2 aliphatic rings. The number of rotatable bonds is 2. The molecule has 0 aromatic heterocycles. The molecule has 21 heavy (non-hydrogen) atoms. The van der Waals surface area contributed by atoms with Gasteiger partial charge >= 0.3 is 0 Å². The fourth-order valence-corrected chi connectivity index (χ4v) is 3.83. The van der Waals surface area contributed by atoms with Crippen LogP contribution in [0.5, 0.6) is 0 Å². The van der Waals surface area contributed by atoms with Crippen molar-refractivity contribution in [1.82, 2.24) is 10.2 Å². The number of amides is 2. The normalized spacial score (nSPS) is 26.4. The Labute approximate surface area is 128 Å². The smallest absolute Gasteiger partial charge is 0.249 e. The summed E-state index contributed by atoms with van der Waals surface area (Å²) in [5.41, 5.74) is -0.864. The van der Waals surface area contributed by atoms with Crippen LogP contribution in [0, 0.1) is 11.3 Å². The number of hydrogen-bond acceptors (Lipinski definition) is 2. The molecule has 1 N–H and O–H groups in total. The van der Waals surface area contributed by atoms with Gasteiger partial charge in [-0.1, -0.05) is 53.9 Å². The Morgan fingerprint density at radius 1 is 1.19 bits per heavy atom. The molecule has 2 rings (SSSR count). The summed E-state index contributed by atoms with van der Waals surface area (Å²) in [6.45, 7) is 11.0. The third-order valence-corrected chi connectivity index (χ3v) is 4.68. The van der Waals surface area contributed by atoms with E-state index < -0.39 is 5.54 Å². The highest BCUT2D eigenvalue weighted by Gasteiger charge is 2.53. The molecule has 1 atom stereocenters. The van der Waals surface area contributed by atoms with Gasteiger partial charge in [0.1, 0.15) is 11.6 Å². The van der Waals surface area contributed by atoms with Gasteiger partial charge in [-0.15, -0.1) is 0 Å². The monoisotopic (exact) mass is 294 g/mol. The molecule has 1 saturated carbocycles. The Morgan fingerprint density at radius 3 is 2.24 bits per heavy atom. The summed E-state index contributed by atoms with van der Waals surface area (Å²) in [5.74, 6) is 0.547. The number of carbonyl (C=O) groups is 2. The van der Waals surface area contributed by atoms with Gasteiger partial charge in [-0.2, -0.15) is 0 Å². The SMILES string of the molecule is CC(C)CN1C(=O)C2(CCCCC2)NC(=O)C1C(C)(C)C. The summed E-state index contributed by atoms with van der Waals surface area (Å²) in [6, 6.07) is -0.361. The average molecular weight is 294 g/mol. The maximum absolute atomic E-state index is 13.2. The van der Waals surface area contributed by atoms with Gasteiger partial charge in [0.2, 0.25) is 11.8 Å². The van der Waals surface area contributed by atoms with Crippen molar-refractivity contribution in [2.24, 2.45) is 11.3 Å². The van der Waals surface area contributed by atoms with Gasteiger partial charge in [-0.25, -0.2) is 0 Å². The zero-order chi connectivity index (χ0) is 15.8. The molecule has 1 aliphatic heterocycles. The van der Waals surface area contributed by atoms with Crippen LogP contribution in [0.3, 0.4) is 0 Å². The van der Waals surface area contributed by atoms with Gasteiger partial charge < -0.3 is 10.2 Å². The van der Waals surface area contributed by atoms with Gasteiger partial charge in [0.15, 0.2) is 0 Å². The van der Waals surface area contributed by atoms with Crippen LogP contribution in [-0.2, 0) is 9.59 Å². The number of carbonyl (C=O) groups excluding carboxylic acids is 2. The van der Waals surface area contributed by atoms with Crippen LogP contribution in [0.15, 0.2) is 0 Å². The Kier molecular flexibility index (Phi) is 4.36. The van der Waals surface area contributed by atoms with Crippen molar-refractivity contribution < 1.29 is 9.59 Å². The molecular weight excluding hydrogens is 264 g/mol. The van der Waals surface area contributed by atoms with E-state index in [9.17, 15) is 9.59 Å². The molecule has 1 unspecified atom stereocenters. The second-order valence-corrected chi connectivity index (χ2v) is 8.25. The summed E-state index contributed by atoms with van der Waals surface area (Å²) in [5, 5.41) is 3.11. The van der Waals surface area contributed by atoms with Crippen LogP contribution >= 0.6 is 0 Å². The van der Waals surface area contributed by atoms with Crippen molar-refractivity contribution >= 4 is 11.8 Å². The summed E-state index contributed by atoms with van der Waals surface area (Å²) in [6.07, 6.45) is 4.81. The highest BCUT2D eigenvalue weighted by atomic mass is 16.2. The first-order valence-electron chi connectivity index (χ1n) is 8.30. The van der Waals surface area contributed by atoms with Gasteiger partial charge in [0.05, 0.1) is 0 Å². The van der Waals surface area contributed by atoms with Gasteiger partial charge in [0.25, 0.3) is 0 Å². The lowest BCUT2D eigenvalue weighted by atomic mass is 9.75. The van der Waals surface area contributed by atoms with E-state index >= 15 is 0 Å². The van der Waals surface area contributed by atoms with E-state index in [1.807, 2.05) is 25.7 Å². The average Bonchev–Trinajstić information content (AvgIpc) is 2.34. The molecule has 4 heteroatoms. The lowest BCUT2D eigenvalue weighted by Crippen LogP contribution is -2.73. The van der Waals surface area contributed by atoms with Crippen LogP contribution in [0.4, 0.5) is 0 Å². The quantitative estimate of drug-likeness (QED) is 0.851. The third-order valence-electron chi connectivity index (χ3n) is 4.68. The summed E-state index contributed by atoms with van der Waals surface area (Å²) in [4.78, 5) is 27.8. The predicted octanol–water partition coefficient (Wildman–Crippen LogP) is 2.72. The van der Waals surface area contributed by atoms with Gasteiger partial charge in [0, 0.05) is 6.54 Å². The van der Waals surface area contributed by atoms with Crippen molar-refractivity contribution in [2.45, 2.75) is 78.3 Å². The Hall–Kier alpha value is -1.06. The van der Waals surface area contributed by atoms with Crippen molar-refractivity contribution in [1.29, 1.82) is 0 Å². The molecule has 1 heterocycles. The second kappa shape index (κ2) is 5.62. The third kappa shape index (κ3) is 3.09. The first kappa shape index (κ1) is 16.3. The minimum atomic E-state index is -0.619. The van der Waals surface area contributed by atoms with Crippen LogP contribution in [0.1, 0.15) is 66.7 Å². The second-order valence-electron chi connectivity index (χ2n) is 8.25. The topological polar surface area (TPSA) is 49.4 Å². The van der Waals surface area contributed by atoms with Gasteiger partial charge in [-0.3, -0.25) is 9.59 Å². The highest BCUT2D eigenvalue weighted by Crippen LogP contribution is 2.37. The van der Waals surface area contributed by atoms with Crippen LogP contribution < -0.4 is 5.32 Å². The fourth-order valence-electron chi connectivity index (χ4n) is 3.83. The highest BCUT2D eigenvalue weighted by molar-refractivity contribution is 6.00. The van der Waals surface area contributed by atoms with Crippen LogP contribution in [-0.4, -0.2) is 34.8 Å². The van der Waals surface area contributed by atoms with Crippen LogP contribution in [0.25, 0.3) is 0 Å². The molecule has 1 aliphatic carbocycles. The number of nitrogens with zero attached hydrogens (tertiary/aromatic N) is 1. The summed E-state index contributed by atoms with van der Waals surface area (Å²) >= 11 is 0. The molecule has 2 amide bonds. The van der Waals surface area contributed by atoms with Crippen LogP contribution in [0.2, 0.25) is 0 Å². The number of nitrogens with one attached hydrogen (secondary N) is 1. The first-order chi connectivity index (χ1) is 9.67. The van der Waals surface area contributed by atoms with Crippen molar-refractivity contribution in [2.75, 3.05) is 6.54 Å². The van der Waals surface area contributed by atoms with E-state index in [-0.39, 0.29) is 23.3 Å². The van der Waals surface area contributed by atoms with E-state index in [1.54, 1.807) is 0 Å². The van der Waals surface area contributed by atoms with E-state index in [1.165, 1.54) is 0 Å². The molecule has 0 bridgehead atoms. The first-order valence-corrected chi connectivity index (χ1v) is 8.30. The Morgan fingerprint density at radius 2 is 1.76 bits per heavy atom. The van der Waals surface area contributed by atoms with E-state index in [2.05, 4.69) is 19.2 Å². The Balaban J connectivity index is 2.35. The minimum absolute atomic E-state index is 0.0321. The lowest BCUT2D eigenvalue weighted by Gasteiger charge is -2.51.